The monoisotopic (exact) mass is 331 g/mol. The van der Waals surface area contributed by atoms with E-state index in [1.54, 1.807) is 7.11 Å². The molecule has 1 heterocycles. The number of methoxy groups -OCH3 is 1. The number of imidazole rings is 1. The third kappa shape index (κ3) is 5.53. The van der Waals surface area contributed by atoms with Gasteiger partial charge < -0.3 is 20.4 Å². The lowest BCUT2D eigenvalue weighted by Crippen LogP contribution is -2.39. The van der Waals surface area contributed by atoms with E-state index in [1.807, 2.05) is 32.0 Å². The van der Waals surface area contributed by atoms with Crippen LogP contribution in [0, 0.1) is 0 Å². The fraction of sp³-hybridized carbons (Fsp3) is 0.556. The van der Waals surface area contributed by atoms with Gasteiger partial charge in [0.15, 0.2) is 5.96 Å². The maximum absolute atomic E-state index is 5.40. The number of nitrogens with one attached hydrogen (secondary N) is 3. The molecule has 2 rings (SSSR count). The van der Waals surface area contributed by atoms with Gasteiger partial charge in [0.1, 0.15) is 5.82 Å². The molecule has 0 saturated carbocycles. The molecule has 0 unspecified atom stereocenters. The summed E-state index contributed by atoms with van der Waals surface area (Å²) >= 11 is 0. The number of benzene rings is 1. The lowest BCUT2D eigenvalue weighted by Gasteiger charge is -2.21. The normalized spacial score (nSPS) is 12.6. The van der Waals surface area contributed by atoms with Crippen molar-refractivity contribution in [1.29, 1.82) is 0 Å². The molecule has 0 radical (unpaired) electrons. The zero-order valence-electron chi connectivity index (χ0n) is 15.1. The van der Waals surface area contributed by atoms with Crippen molar-refractivity contribution in [2.24, 2.45) is 4.99 Å². The summed E-state index contributed by atoms with van der Waals surface area (Å²) in [5, 5.41) is 6.62. The Balaban J connectivity index is 1.80. The average Bonchev–Trinajstić information content (AvgIpc) is 2.99. The summed E-state index contributed by atoms with van der Waals surface area (Å²) in [6.45, 7) is 8.41. The van der Waals surface area contributed by atoms with Gasteiger partial charge in [-0.15, -0.1) is 0 Å². The third-order valence-corrected chi connectivity index (χ3v) is 3.84. The van der Waals surface area contributed by atoms with Crippen molar-refractivity contribution in [3.63, 3.8) is 0 Å². The molecule has 0 aliphatic heterocycles. The van der Waals surface area contributed by atoms with Gasteiger partial charge in [0.25, 0.3) is 0 Å². The molecule has 0 aliphatic carbocycles. The molecule has 132 valence electrons. The molecule has 0 fully saturated rings. The molecule has 0 aliphatic rings. The maximum atomic E-state index is 5.40. The van der Waals surface area contributed by atoms with Crippen molar-refractivity contribution in [3.8, 4) is 0 Å². The SMILES string of the molecule is CCNC(=NCC(C)(C)OC)NCCCc1nc2ccccc2[nH]1. The minimum atomic E-state index is -0.253. The number of guanidine groups is 1. The van der Waals surface area contributed by atoms with Gasteiger partial charge in [0, 0.05) is 26.6 Å². The van der Waals surface area contributed by atoms with Crippen molar-refractivity contribution in [2.75, 3.05) is 26.7 Å². The molecule has 0 saturated heterocycles. The van der Waals surface area contributed by atoms with Crippen LogP contribution in [-0.4, -0.2) is 48.3 Å². The van der Waals surface area contributed by atoms with Gasteiger partial charge >= 0.3 is 0 Å². The predicted molar refractivity (Wildman–Crippen MR) is 99.5 cm³/mol. The van der Waals surface area contributed by atoms with Crippen molar-refractivity contribution in [2.45, 2.75) is 39.2 Å². The lowest BCUT2D eigenvalue weighted by molar-refractivity contribution is 0.0310. The van der Waals surface area contributed by atoms with Gasteiger partial charge in [-0.3, -0.25) is 4.99 Å². The fourth-order valence-corrected chi connectivity index (χ4v) is 2.26. The first-order chi connectivity index (χ1) is 11.5. The van der Waals surface area contributed by atoms with Crippen LogP contribution in [0.3, 0.4) is 0 Å². The smallest absolute Gasteiger partial charge is 0.191 e. The highest BCUT2D eigenvalue weighted by Gasteiger charge is 2.15. The minimum absolute atomic E-state index is 0.253. The number of fused-ring (bicyclic) bond motifs is 1. The summed E-state index contributed by atoms with van der Waals surface area (Å²) in [6, 6.07) is 8.11. The van der Waals surface area contributed by atoms with Gasteiger partial charge in [-0.2, -0.15) is 0 Å². The zero-order valence-corrected chi connectivity index (χ0v) is 15.1. The standard InChI is InChI=1S/C18H29N5O/c1-5-19-17(21-13-18(2,3)24-4)20-12-8-11-16-22-14-9-6-7-10-15(14)23-16/h6-7,9-10H,5,8,11-13H2,1-4H3,(H,22,23)(H2,19,20,21). The van der Waals surface area contributed by atoms with Crippen LogP contribution in [0.4, 0.5) is 0 Å². The number of nitrogens with zero attached hydrogens (tertiary/aromatic N) is 2. The zero-order chi connectivity index (χ0) is 17.4. The second-order valence-corrected chi connectivity index (χ2v) is 6.39. The Morgan fingerprint density at radius 1 is 1.29 bits per heavy atom. The van der Waals surface area contributed by atoms with Gasteiger partial charge in [0.2, 0.25) is 0 Å². The number of hydrogen-bond acceptors (Lipinski definition) is 3. The van der Waals surface area contributed by atoms with Crippen LogP contribution in [-0.2, 0) is 11.2 Å². The van der Waals surface area contributed by atoms with Gasteiger partial charge in [-0.05, 0) is 39.3 Å². The van der Waals surface area contributed by atoms with E-state index in [4.69, 9.17) is 4.74 Å². The molecule has 6 heteroatoms. The summed E-state index contributed by atoms with van der Waals surface area (Å²) in [5.41, 5.74) is 1.87. The quantitative estimate of drug-likeness (QED) is 0.395. The van der Waals surface area contributed by atoms with Crippen LogP contribution >= 0.6 is 0 Å². The summed E-state index contributed by atoms with van der Waals surface area (Å²) in [5.74, 6) is 1.85. The molecule has 0 amide bonds. The Morgan fingerprint density at radius 3 is 2.79 bits per heavy atom. The number of aliphatic imine (C=N–C) groups is 1. The number of H-pyrrole nitrogens is 1. The molecule has 1 aromatic heterocycles. The number of ether oxygens (including phenoxy) is 1. The predicted octanol–water partition coefficient (Wildman–Crippen LogP) is 2.48. The molecule has 3 N–H and O–H groups in total. The molecule has 1 aromatic carbocycles. The topological polar surface area (TPSA) is 74.3 Å². The molecule has 0 atom stereocenters. The van der Waals surface area contributed by atoms with Crippen molar-refractivity contribution in [3.05, 3.63) is 30.1 Å². The van der Waals surface area contributed by atoms with Crippen molar-refractivity contribution >= 4 is 17.0 Å². The van der Waals surface area contributed by atoms with Crippen LogP contribution < -0.4 is 10.6 Å². The first kappa shape index (κ1) is 18.3. The number of aryl methyl sites for hydroxylation is 1. The van der Waals surface area contributed by atoms with E-state index in [0.29, 0.717) is 6.54 Å². The van der Waals surface area contributed by atoms with E-state index in [2.05, 4.69) is 38.6 Å². The van der Waals surface area contributed by atoms with E-state index in [9.17, 15) is 0 Å². The van der Waals surface area contributed by atoms with E-state index in [1.165, 1.54) is 0 Å². The first-order valence-electron chi connectivity index (χ1n) is 8.55. The molecular weight excluding hydrogens is 302 g/mol. The van der Waals surface area contributed by atoms with E-state index in [0.717, 1.165) is 48.7 Å². The van der Waals surface area contributed by atoms with Crippen LogP contribution in [0.1, 0.15) is 33.0 Å². The Hall–Kier alpha value is -2.08. The summed E-state index contributed by atoms with van der Waals surface area (Å²) in [6.07, 6.45) is 1.89. The minimum Gasteiger partial charge on any atom is -0.377 e. The second-order valence-electron chi connectivity index (χ2n) is 6.39. The van der Waals surface area contributed by atoms with Gasteiger partial charge in [-0.1, -0.05) is 12.1 Å². The molecule has 0 spiro atoms. The summed E-state index contributed by atoms with van der Waals surface area (Å²) in [7, 11) is 1.71. The summed E-state index contributed by atoms with van der Waals surface area (Å²) < 4.78 is 5.40. The molecule has 2 aromatic rings. The molecule has 0 bridgehead atoms. The van der Waals surface area contributed by atoms with Gasteiger partial charge in [0.05, 0.1) is 23.2 Å². The number of rotatable bonds is 8. The van der Waals surface area contributed by atoms with E-state index < -0.39 is 0 Å². The summed E-state index contributed by atoms with van der Waals surface area (Å²) in [4.78, 5) is 12.5. The highest BCUT2D eigenvalue weighted by Crippen LogP contribution is 2.11. The molecule has 6 nitrogen and oxygen atoms in total. The number of aromatic nitrogens is 2. The first-order valence-corrected chi connectivity index (χ1v) is 8.55. The number of aromatic amines is 1. The fourth-order valence-electron chi connectivity index (χ4n) is 2.26. The molecule has 24 heavy (non-hydrogen) atoms. The van der Waals surface area contributed by atoms with Crippen LogP contribution in [0.25, 0.3) is 11.0 Å². The van der Waals surface area contributed by atoms with Crippen molar-refractivity contribution in [1.82, 2.24) is 20.6 Å². The Labute approximate surface area is 144 Å². The Kier molecular flexibility index (Phi) is 6.61. The Bertz CT molecular complexity index is 629. The average molecular weight is 331 g/mol. The number of para-hydroxylation sites is 2. The van der Waals surface area contributed by atoms with E-state index >= 15 is 0 Å². The van der Waals surface area contributed by atoms with Gasteiger partial charge in [-0.25, -0.2) is 4.98 Å². The largest absolute Gasteiger partial charge is 0.377 e. The third-order valence-electron chi connectivity index (χ3n) is 3.84. The molecular formula is C18H29N5O. The second kappa shape index (κ2) is 8.68. The highest BCUT2D eigenvalue weighted by atomic mass is 16.5. The number of hydrogen-bond donors (Lipinski definition) is 3. The van der Waals surface area contributed by atoms with Crippen LogP contribution in [0.15, 0.2) is 29.3 Å². The van der Waals surface area contributed by atoms with Crippen LogP contribution in [0.2, 0.25) is 0 Å². The highest BCUT2D eigenvalue weighted by molar-refractivity contribution is 5.79. The Morgan fingerprint density at radius 2 is 2.08 bits per heavy atom. The maximum Gasteiger partial charge on any atom is 0.191 e. The lowest BCUT2D eigenvalue weighted by atomic mass is 10.1. The van der Waals surface area contributed by atoms with E-state index in [-0.39, 0.29) is 5.60 Å². The van der Waals surface area contributed by atoms with Crippen molar-refractivity contribution < 1.29 is 4.74 Å². The van der Waals surface area contributed by atoms with Crippen LogP contribution in [0.5, 0.6) is 0 Å².